The fraction of sp³-hybridized carbons (Fsp3) is 0.562. The van der Waals surface area contributed by atoms with E-state index in [0.29, 0.717) is 13.0 Å². The maximum absolute atomic E-state index is 12.4. The van der Waals surface area contributed by atoms with Gasteiger partial charge in [-0.3, -0.25) is 4.90 Å². The molecular formula is C16H24N2O3. The predicted octanol–water partition coefficient (Wildman–Crippen LogP) is 1.67. The van der Waals surface area contributed by atoms with Crippen LogP contribution in [0.1, 0.15) is 31.9 Å². The lowest BCUT2D eigenvalue weighted by molar-refractivity contribution is -0.0101. The van der Waals surface area contributed by atoms with Crippen LogP contribution < -0.4 is 5.73 Å². The van der Waals surface area contributed by atoms with Crippen molar-refractivity contribution in [3.8, 4) is 0 Å². The third-order valence-electron chi connectivity index (χ3n) is 3.60. The number of hydrogen-bond donors (Lipinski definition) is 2. The number of carbonyl (C=O) groups excluding carboxylic acids is 1. The van der Waals surface area contributed by atoms with Gasteiger partial charge in [-0.05, 0) is 38.3 Å². The summed E-state index contributed by atoms with van der Waals surface area (Å²) in [5.74, 6) is 0. The molecule has 1 aliphatic heterocycles. The number of fused-ring (bicyclic) bond motifs is 1. The van der Waals surface area contributed by atoms with Gasteiger partial charge in [-0.25, -0.2) is 4.79 Å². The zero-order chi connectivity index (χ0) is 15.6. The van der Waals surface area contributed by atoms with Gasteiger partial charge in [-0.1, -0.05) is 24.3 Å². The summed E-state index contributed by atoms with van der Waals surface area (Å²) in [7, 11) is 0. The van der Waals surface area contributed by atoms with Crippen molar-refractivity contribution in [3.05, 3.63) is 35.4 Å². The highest BCUT2D eigenvalue weighted by Crippen LogP contribution is 2.26. The zero-order valence-electron chi connectivity index (χ0n) is 12.9. The molecule has 0 fully saturated rings. The molecule has 0 aliphatic carbocycles. The molecule has 5 heteroatoms. The van der Waals surface area contributed by atoms with E-state index in [9.17, 15) is 9.90 Å². The fourth-order valence-electron chi connectivity index (χ4n) is 2.57. The van der Waals surface area contributed by atoms with Crippen LogP contribution in [0.15, 0.2) is 24.3 Å². The molecule has 5 nitrogen and oxygen atoms in total. The molecule has 0 spiro atoms. The quantitative estimate of drug-likeness (QED) is 0.869. The highest BCUT2D eigenvalue weighted by molar-refractivity contribution is 5.69. The third kappa shape index (κ3) is 3.74. The molecule has 0 radical (unpaired) electrons. The van der Waals surface area contributed by atoms with Crippen molar-refractivity contribution in [3.63, 3.8) is 0 Å². The number of amides is 1. The van der Waals surface area contributed by atoms with Crippen molar-refractivity contribution in [1.82, 2.24) is 4.90 Å². The van der Waals surface area contributed by atoms with E-state index in [1.165, 1.54) is 0 Å². The highest BCUT2D eigenvalue weighted by Gasteiger charge is 2.36. The Bertz CT molecular complexity index is 510. The van der Waals surface area contributed by atoms with Crippen LogP contribution in [0.25, 0.3) is 0 Å². The molecule has 0 saturated heterocycles. The van der Waals surface area contributed by atoms with Crippen molar-refractivity contribution in [2.24, 2.45) is 5.73 Å². The fourth-order valence-corrected chi connectivity index (χ4v) is 2.57. The third-order valence-corrected chi connectivity index (χ3v) is 3.60. The molecule has 0 bridgehead atoms. The molecule has 0 aromatic heterocycles. The van der Waals surface area contributed by atoms with Gasteiger partial charge in [0.05, 0.1) is 12.1 Å². The second-order valence-electron chi connectivity index (χ2n) is 6.45. The molecule has 3 N–H and O–H groups in total. The summed E-state index contributed by atoms with van der Waals surface area (Å²) in [6.45, 7) is 6.05. The first kappa shape index (κ1) is 15.8. The van der Waals surface area contributed by atoms with Crippen molar-refractivity contribution >= 4 is 6.09 Å². The van der Waals surface area contributed by atoms with E-state index in [1.807, 2.05) is 45.0 Å². The Kier molecular flexibility index (Phi) is 4.54. The highest BCUT2D eigenvalue weighted by atomic mass is 16.6. The molecule has 1 heterocycles. The van der Waals surface area contributed by atoms with Crippen LogP contribution in [0.3, 0.4) is 0 Å². The van der Waals surface area contributed by atoms with Crippen LogP contribution in [0.2, 0.25) is 0 Å². The van der Waals surface area contributed by atoms with Gasteiger partial charge in [-0.2, -0.15) is 0 Å². The second-order valence-corrected chi connectivity index (χ2v) is 6.45. The Hall–Kier alpha value is -1.59. The monoisotopic (exact) mass is 292 g/mol. The molecule has 2 atom stereocenters. The van der Waals surface area contributed by atoms with E-state index in [4.69, 9.17) is 10.5 Å². The lowest BCUT2D eigenvalue weighted by Gasteiger charge is -2.39. The molecular weight excluding hydrogens is 268 g/mol. The number of rotatable bonds is 2. The minimum absolute atomic E-state index is 0.117. The normalized spacial score (nSPS) is 19.9. The number of benzene rings is 1. The number of aliphatic hydroxyl groups excluding tert-OH is 1. The van der Waals surface area contributed by atoms with E-state index < -0.39 is 17.8 Å². The molecule has 21 heavy (non-hydrogen) atoms. The van der Waals surface area contributed by atoms with Crippen LogP contribution in [0.5, 0.6) is 0 Å². The maximum atomic E-state index is 12.4. The molecule has 2 rings (SSSR count). The summed E-state index contributed by atoms with van der Waals surface area (Å²) in [6.07, 6.45) is -0.575. The van der Waals surface area contributed by atoms with E-state index in [2.05, 4.69) is 0 Å². The predicted molar refractivity (Wildman–Crippen MR) is 80.8 cm³/mol. The summed E-state index contributed by atoms with van der Waals surface area (Å²) in [4.78, 5) is 14.0. The van der Waals surface area contributed by atoms with Gasteiger partial charge in [0.15, 0.2) is 0 Å². The minimum Gasteiger partial charge on any atom is -0.444 e. The summed E-state index contributed by atoms with van der Waals surface area (Å²) in [5, 5.41) is 10.2. The van der Waals surface area contributed by atoms with Crippen molar-refractivity contribution in [2.75, 3.05) is 6.54 Å². The van der Waals surface area contributed by atoms with E-state index in [0.717, 1.165) is 11.1 Å². The number of carbonyl (C=O) groups is 1. The Morgan fingerprint density at radius 2 is 2.05 bits per heavy atom. The first-order valence-corrected chi connectivity index (χ1v) is 7.26. The minimum atomic E-state index is -0.758. The molecule has 1 aromatic carbocycles. The van der Waals surface area contributed by atoms with Gasteiger partial charge in [-0.15, -0.1) is 0 Å². The lowest BCUT2D eigenvalue weighted by Crippen LogP contribution is -2.53. The summed E-state index contributed by atoms with van der Waals surface area (Å²) < 4.78 is 5.45. The Balaban J connectivity index is 2.26. The standard InChI is InChI=1S/C16H24N2O3/c1-16(2,3)21-15(20)18-10-12-7-5-4-6-11(12)8-13(18)14(19)9-17/h4-7,13-14,19H,8-10,17H2,1-3H3/t13?,14-/m1/s1. The Morgan fingerprint density at radius 1 is 1.43 bits per heavy atom. The molecule has 116 valence electrons. The van der Waals surface area contributed by atoms with E-state index >= 15 is 0 Å². The molecule has 1 amide bonds. The zero-order valence-corrected chi connectivity index (χ0v) is 12.9. The average Bonchev–Trinajstić information content (AvgIpc) is 2.43. The smallest absolute Gasteiger partial charge is 0.410 e. The average molecular weight is 292 g/mol. The van der Waals surface area contributed by atoms with E-state index in [1.54, 1.807) is 4.90 Å². The van der Waals surface area contributed by atoms with Gasteiger partial charge in [0, 0.05) is 13.1 Å². The SMILES string of the molecule is CC(C)(C)OC(=O)N1Cc2ccccc2CC1[C@H](O)CN. The van der Waals surface area contributed by atoms with Crippen molar-refractivity contribution < 1.29 is 14.6 Å². The van der Waals surface area contributed by atoms with Gasteiger partial charge < -0.3 is 15.6 Å². The van der Waals surface area contributed by atoms with Crippen molar-refractivity contribution in [1.29, 1.82) is 0 Å². The van der Waals surface area contributed by atoms with Crippen LogP contribution in [0, 0.1) is 0 Å². The molecule has 0 saturated carbocycles. The molecule has 1 aromatic rings. The molecule has 1 aliphatic rings. The number of ether oxygens (including phenoxy) is 1. The number of nitrogens with zero attached hydrogens (tertiary/aromatic N) is 1. The summed E-state index contributed by atoms with van der Waals surface area (Å²) in [5.41, 5.74) is 7.26. The van der Waals surface area contributed by atoms with Crippen LogP contribution in [-0.2, 0) is 17.7 Å². The van der Waals surface area contributed by atoms with Crippen molar-refractivity contribution in [2.45, 2.75) is 51.5 Å². The van der Waals surface area contributed by atoms with Crippen LogP contribution in [-0.4, -0.2) is 40.4 Å². The number of nitrogens with two attached hydrogens (primary N) is 1. The lowest BCUT2D eigenvalue weighted by atomic mass is 9.91. The number of aliphatic hydroxyl groups is 1. The van der Waals surface area contributed by atoms with Gasteiger partial charge in [0.25, 0.3) is 0 Å². The van der Waals surface area contributed by atoms with Crippen LogP contribution >= 0.6 is 0 Å². The number of hydrogen-bond acceptors (Lipinski definition) is 4. The first-order chi connectivity index (χ1) is 9.81. The summed E-state index contributed by atoms with van der Waals surface area (Å²) in [6, 6.07) is 7.59. The first-order valence-electron chi connectivity index (χ1n) is 7.26. The largest absolute Gasteiger partial charge is 0.444 e. The Labute approximate surface area is 125 Å². The van der Waals surface area contributed by atoms with E-state index in [-0.39, 0.29) is 12.6 Å². The van der Waals surface area contributed by atoms with Gasteiger partial charge in [0.1, 0.15) is 5.60 Å². The summed E-state index contributed by atoms with van der Waals surface area (Å²) >= 11 is 0. The topological polar surface area (TPSA) is 75.8 Å². The van der Waals surface area contributed by atoms with Gasteiger partial charge >= 0.3 is 6.09 Å². The maximum Gasteiger partial charge on any atom is 0.410 e. The van der Waals surface area contributed by atoms with Crippen LogP contribution in [0.4, 0.5) is 4.79 Å². The molecule has 1 unspecified atom stereocenters. The second kappa shape index (κ2) is 6.03. The van der Waals surface area contributed by atoms with Gasteiger partial charge in [0.2, 0.25) is 0 Å². The Morgan fingerprint density at radius 3 is 2.62 bits per heavy atom.